The average molecular weight is 274 g/mol. The maximum Gasteiger partial charge on any atom is 0.338 e. The smallest absolute Gasteiger partial charge is 0.338 e. The highest BCUT2D eigenvalue weighted by molar-refractivity contribution is 6.30. The van der Waals surface area contributed by atoms with Crippen LogP contribution in [0.25, 0.3) is 16.9 Å². The molecule has 6 heteroatoms. The molecule has 2 heterocycles. The quantitative estimate of drug-likeness (QED) is 0.779. The van der Waals surface area contributed by atoms with Crippen molar-refractivity contribution in [2.45, 2.75) is 0 Å². The number of fused-ring (bicyclic) bond motifs is 1. The van der Waals surface area contributed by atoms with Gasteiger partial charge in [-0.25, -0.2) is 14.3 Å². The first kappa shape index (κ1) is 11.7. The molecular weight excluding hydrogens is 266 g/mol. The van der Waals surface area contributed by atoms with Gasteiger partial charge in [0.05, 0.1) is 11.3 Å². The third-order valence-corrected chi connectivity index (χ3v) is 2.95. The van der Waals surface area contributed by atoms with Gasteiger partial charge in [0, 0.05) is 29.0 Å². The number of carboxylic acids is 1. The number of carbonyl (C=O) groups is 1. The first-order chi connectivity index (χ1) is 9.13. The second kappa shape index (κ2) is 4.37. The monoisotopic (exact) mass is 273 g/mol. The molecule has 94 valence electrons. The zero-order chi connectivity index (χ0) is 13.4. The van der Waals surface area contributed by atoms with Gasteiger partial charge < -0.3 is 5.11 Å². The van der Waals surface area contributed by atoms with Crippen LogP contribution in [0.2, 0.25) is 5.02 Å². The molecule has 0 aliphatic carbocycles. The number of nitrogens with zero attached hydrogens (tertiary/aromatic N) is 3. The van der Waals surface area contributed by atoms with E-state index in [0.717, 1.165) is 5.56 Å². The van der Waals surface area contributed by atoms with Crippen molar-refractivity contribution in [1.29, 1.82) is 0 Å². The largest absolute Gasteiger partial charge is 0.478 e. The molecule has 3 aromatic rings. The Labute approximate surface area is 113 Å². The summed E-state index contributed by atoms with van der Waals surface area (Å²) in [6, 6.07) is 9.04. The minimum Gasteiger partial charge on any atom is -0.478 e. The fourth-order valence-electron chi connectivity index (χ4n) is 1.75. The maximum absolute atomic E-state index is 10.9. The van der Waals surface area contributed by atoms with Gasteiger partial charge >= 0.3 is 5.97 Å². The standard InChI is InChI=1S/C13H8ClN3O2/c14-10-3-1-8(2-4-10)11-5-12-15-6-9(13(18)19)7-17(12)16-11/h1-7H,(H,18,19). The van der Waals surface area contributed by atoms with Crippen molar-refractivity contribution in [2.24, 2.45) is 0 Å². The van der Waals surface area contributed by atoms with Crippen molar-refractivity contribution >= 4 is 23.2 Å². The van der Waals surface area contributed by atoms with Crippen molar-refractivity contribution < 1.29 is 9.90 Å². The maximum atomic E-state index is 10.9. The topological polar surface area (TPSA) is 67.5 Å². The summed E-state index contributed by atoms with van der Waals surface area (Å²) in [4.78, 5) is 14.9. The molecule has 0 unspecified atom stereocenters. The number of hydrogen-bond donors (Lipinski definition) is 1. The lowest BCUT2D eigenvalue weighted by atomic mass is 10.2. The normalized spacial score (nSPS) is 10.8. The van der Waals surface area contributed by atoms with Crippen LogP contribution in [0, 0.1) is 0 Å². The second-order valence-electron chi connectivity index (χ2n) is 3.99. The summed E-state index contributed by atoms with van der Waals surface area (Å²) >= 11 is 5.83. The van der Waals surface area contributed by atoms with E-state index in [2.05, 4.69) is 10.1 Å². The van der Waals surface area contributed by atoms with Crippen molar-refractivity contribution in [2.75, 3.05) is 0 Å². The molecule has 0 spiro atoms. The minimum absolute atomic E-state index is 0.0956. The van der Waals surface area contributed by atoms with E-state index >= 15 is 0 Å². The minimum atomic E-state index is -1.03. The van der Waals surface area contributed by atoms with Gasteiger partial charge in [0.2, 0.25) is 0 Å². The molecule has 1 N–H and O–H groups in total. The van der Waals surface area contributed by atoms with Crippen LogP contribution in [-0.2, 0) is 0 Å². The Balaban J connectivity index is 2.11. The highest BCUT2D eigenvalue weighted by atomic mass is 35.5. The van der Waals surface area contributed by atoms with E-state index in [-0.39, 0.29) is 5.56 Å². The van der Waals surface area contributed by atoms with E-state index in [1.54, 1.807) is 18.2 Å². The summed E-state index contributed by atoms with van der Waals surface area (Å²) in [7, 11) is 0. The first-order valence-corrected chi connectivity index (χ1v) is 5.86. The van der Waals surface area contributed by atoms with Crippen LogP contribution >= 0.6 is 11.6 Å². The van der Waals surface area contributed by atoms with Crippen LogP contribution < -0.4 is 0 Å². The van der Waals surface area contributed by atoms with Crippen molar-refractivity contribution in [1.82, 2.24) is 14.6 Å². The lowest BCUT2D eigenvalue weighted by Gasteiger charge is -1.95. The van der Waals surface area contributed by atoms with E-state index < -0.39 is 5.97 Å². The van der Waals surface area contributed by atoms with Gasteiger partial charge in [0.15, 0.2) is 5.65 Å². The number of hydrogen-bond acceptors (Lipinski definition) is 3. The molecule has 0 saturated heterocycles. The summed E-state index contributed by atoms with van der Waals surface area (Å²) in [6.07, 6.45) is 2.75. The lowest BCUT2D eigenvalue weighted by molar-refractivity contribution is 0.0695. The summed E-state index contributed by atoms with van der Waals surface area (Å²) in [5.74, 6) is -1.03. The molecule has 5 nitrogen and oxygen atoms in total. The van der Waals surface area contributed by atoms with Crippen LogP contribution in [0.3, 0.4) is 0 Å². The summed E-state index contributed by atoms with van der Waals surface area (Å²) < 4.78 is 1.45. The van der Waals surface area contributed by atoms with Gasteiger partial charge in [-0.15, -0.1) is 0 Å². The molecular formula is C13H8ClN3O2. The Morgan fingerprint density at radius 1 is 1.26 bits per heavy atom. The van der Waals surface area contributed by atoms with Gasteiger partial charge in [-0.2, -0.15) is 5.10 Å². The highest BCUT2D eigenvalue weighted by Gasteiger charge is 2.08. The number of aromatic carboxylic acids is 1. The first-order valence-electron chi connectivity index (χ1n) is 5.48. The molecule has 0 amide bonds. The Morgan fingerprint density at radius 2 is 2.00 bits per heavy atom. The predicted octanol–water partition coefficient (Wildman–Crippen LogP) is 2.75. The van der Waals surface area contributed by atoms with Crippen LogP contribution in [-0.4, -0.2) is 25.7 Å². The van der Waals surface area contributed by atoms with E-state index in [1.807, 2.05) is 12.1 Å². The number of carboxylic acid groups (broad SMARTS) is 1. The molecule has 0 atom stereocenters. The predicted molar refractivity (Wildman–Crippen MR) is 70.4 cm³/mol. The van der Waals surface area contributed by atoms with Crippen LogP contribution in [0.15, 0.2) is 42.7 Å². The molecule has 2 aromatic heterocycles. The van der Waals surface area contributed by atoms with E-state index in [0.29, 0.717) is 16.4 Å². The van der Waals surface area contributed by atoms with E-state index in [4.69, 9.17) is 16.7 Å². The molecule has 19 heavy (non-hydrogen) atoms. The highest BCUT2D eigenvalue weighted by Crippen LogP contribution is 2.21. The third kappa shape index (κ3) is 2.15. The van der Waals surface area contributed by atoms with E-state index in [9.17, 15) is 4.79 Å². The zero-order valence-corrected chi connectivity index (χ0v) is 10.4. The fraction of sp³-hybridized carbons (Fsp3) is 0. The van der Waals surface area contributed by atoms with Gasteiger partial charge in [-0.1, -0.05) is 23.7 Å². The molecule has 0 aliphatic rings. The van der Waals surface area contributed by atoms with Gasteiger partial charge in [-0.05, 0) is 12.1 Å². The van der Waals surface area contributed by atoms with Gasteiger partial charge in [-0.3, -0.25) is 0 Å². The van der Waals surface area contributed by atoms with Crippen molar-refractivity contribution in [3.05, 3.63) is 53.3 Å². The molecule has 0 bridgehead atoms. The molecule has 0 saturated carbocycles. The lowest BCUT2D eigenvalue weighted by Crippen LogP contribution is -2.00. The average Bonchev–Trinajstić information content (AvgIpc) is 2.82. The Kier molecular flexibility index (Phi) is 2.68. The number of rotatable bonds is 2. The zero-order valence-electron chi connectivity index (χ0n) is 9.62. The van der Waals surface area contributed by atoms with Crippen LogP contribution in [0.4, 0.5) is 0 Å². The SMILES string of the molecule is O=C(O)c1cnc2cc(-c3ccc(Cl)cc3)nn2c1. The Hall–Kier alpha value is -2.40. The molecule has 1 aromatic carbocycles. The number of benzene rings is 1. The molecule has 0 fully saturated rings. The van der Waals surface area contributed by atoms with Gasteiger partial charge in [0.1, 0.15) is 0 Å². The van der Waals surface area contributed by atoms with Crippen molar-refractivity contribution in [3.8, 4) is 11.3 Å². The second-order valence-corrected chi connectivity index (χ2v) is 4.42. The Morgan fingerprint density at radius 3 is 2.68 bits per heavy atom. The fourth-order valence-corrected chi connectivity index (χ4v) is 1.87. The third-order valence-electron chi connectivity index (χ3n) is 2.70. The summed E-state index contributed by atoms with van der Waals surface area (Å²) in [5, 5.41) is 13.9. The summed E-state index contributed by atoms with van der Waals surface area (Å²) in [6.45, 7) is 0. The van der Waals surface area contributed by atoms with E-state index in [1.165, 1.54) is 16.9 Å². The molecule has 0 aliphatic heterocycles. The van der Waals surface area contributed by atoms with Crippen LogP contribution in [0.1, 0.15) is 10.4 Å². The molecule has 3 rings (SSSR count). The van der Waals surface area contributed by atoms with Crippen molar-refractivity contribution in [3.63, 3.8) is 0 Å². The summed E-state index contributed by atoms with van der Waals surface area (Å²) in [5.41, 5.74) is 2.30. The van der Waals surface area contributed by atoms with Gasteiger partial charge in [0.25, 0.3) is 0 Å². The number of halogens is 1. The Bertz CT molecular complexity index is 765. The number of aromatic nitrogens is 3. The molecule has 0 radical (unpaired) electrons. The van der Waals surface area contributed by atoms with Crippen LogP contribution in [0.5, 0.6) is 0 Å².